The maximum Gasteiger partial charge on any atom is 0.317 e. The molecule has 4 rings (SSSR count). The van der Waals surface area contributed by atoms with Crippen molar-refractivity contribution >= 4 is 22.8 Å². The number of furan rings is 1. The van der Waals surface area contributed by atoms with E-state index in [-0.39, 0.29) is 29.0 Å². The number of rotatable bonds is 4. The smallest absolute Gasteiger partial charge is 0.317 e. The fraction of sp³-hybridized carbons (Fsp3) is 0.286. The summed E-state index contributed by atoms with van der Waals surface area (Å²) in [6, 6.07) is 7.19. The second-order valence-electron chi connectivity index (χ2n) is 7.45. The van der Waals surface area contributed by atoms with E-state index in [9.17, 15) is 23.6 Å². The maximum absolute atomic E-state index is 14.0. The normalized spacial score (nSPS) is 17.1. The number of halogens is 2. The Kier molecular flexibility index (Phi) is 5.55. The van der Waals surface area contributed by atoms with E-state index in [2.05, 4.69) is 5.32 Å². The molecule has 0 aliphatic carbocycles. The molecule has 0 saturated carbocycles. The number of amides is 2. The predicted octanol–water partition coefficient (Wildman–Crippen LogP) is 1.53. The van der Waals surface area contributed by atoms with Gasteiger partial charge in [0.1, 0.15) is 5.82 Å². The summed E-state index contributed by atoms with van der Waals surface area (Å²) in [4.78, 5) is 29.0. The van der Waals surface area contributed by atoms with Crippen molar-refractivity contribution < 1.29 is 27.5 Å². The summed E-state index contributed by atoms with van der Waals surface area (Å²) in [5.41, 5.74) is -0.243. The standard InChI is InChI=1S/C21H20F2N4O4/c1-25-6-7-26(15(12-25)11-24-20(28)17-4-2-3-5-27(17)30)21(29)18-9-13-8-14(22)10-16(23)19(13)31-18/h2-5,8-10,15H,6-7,11-12H2,1H3,(H,24,28). The number of carbonyl (C=O) groups is 2. The second kappa shape index (κ2) is 8.31. The van der Waals surface area contributed by atoms with E-state index in [1.54, 1.807) is 6.07 Å². The first kappa shape index (κ1) is 20.7. The van der Waals surface area contributed by atoms with E-state index >= 15 is 0 Å². The van der Waals surface area contributed by atoms with Crippen LogP contribution in [0.5, 0.6) is 0 Å². The lowest BCUT2D eigenvalue weighted by Crippen LogP contribution is -2.58. The second-order valence-corrected chi connectivity index (χ2v) is 7.45. The number of piperazine rings is 1. The number of fused-ring (bicyclic) bond motifs is 1. The van der Waals surface area contributed by atoms with E-state index in [0.29, 0.717) is 30.4 Å². The number of nitrogens with zero attached hydrogens (tertiary/aromatic N) is 3. The summed E-state index contributed by atoms with van der Waals surface area (Å²) in [7, 11) is 1.89. The van der Waals surface area contributed by atoms with Crippen LogP contribution in [0.1, 0.15) is 21.0 Å². The molecule has 31 heavy (non-hydrogen) atoms. The molecule has 10 heteroatoms. The van der Waals surface area contributed by atoms with Crippen LogP contribution in [0.15, 0.2) is 47.0 Å². The summed E-state index contributed by atoms with van der Waals surface area (Å²) in [6.07, 6.45) is 1.22. The van der Waals surface area contributed by atoms with Crippen LogP contribution in [0.25, 0.3) is 11.0 Å². The van der Waals surface area contributed by atoms with E-state index in [4.69, 9.17) is 4.42 Å². The molecular weight excluding hydrogens is 410 g/mol. The molecule has 162 valence electrons. The van der Waals surface area contributed by atoms with Crippen LogP contribution in [-0.4, -0.2) is 60.9 Å². The van der Waals surface area contributed by atoms with Crippen LogP contribution >= 0.6 is 0 Å². The molecule has 1 saturated heterocycles. The highest BCUT2D eigenvalue weighted by Gasteiger charge is 2.32. The zero-order chi connectivity index (χ0) is 22.1. The Balaban J connectivity index is 1.53. The first-order chi connectivity index (χ1) is 14.8. The summed E-state index contributed by atoms with van der Waals surface area (Å²) < 4.78 is 33.3. The number of pyridine rings is 1. The van der Waals surface area contributed by atoms with Crippen molar-refractivity contribution in [1.82, 2.24) is 15.1 Å². The maximum atomic E-state index is 14.0. The quantitative estimate of drug-likeness (QED) is 0.501. The summed E-state index contributed by atoms with van der Waals surface area (Å²) in [5.74, 6) is -2.80. The predicted molar refractivity (Wildman–Crippen MR) is 106 cm³/mol. The van der Waals surface area contributed by atoms with Crippen LogP contribution < -0.4 is 10.0 Å². The molecule has 8 nitrogen and oxygen atoms in total. The number of hydrogen-bond donors (Lipinski definition) is 1. The van der Waals surface area contributed by atoms with Crippen LogP contribution in [0.3, 0.4) is 0 Å². The highest BCUT2D eigenvalue weighted by Crippen LogP contribution is 2.25. The van der Waals surface area contributed by atoms with E-state index in [1.165, 1.54) is 29.3 Å². The van der Waals surface area contributed by atoms with E-state index in [0.717, 1.165) is 6.07 Å². The Hall–Kier alpha value is -3.53. The third kappa shape index (κ3) is 4.19. The van der Waals surface area contributed by atoms with Gasteiger partial charge in [-0.25, -0.2) is 8.78 Å². The monoisotopic (exact) mass is 430 g/mol. The minimum atomic E-state index is -0.884. The van der Waals surface area contributed by atoms with Gasteiger partial charge in [0, 0.05) is 49.8 Å². The number of carbonyl (C=O) groups excluding carboxylic acids is 2. The van der Waals surface area contributed by atoms with Gasteiger partial charge in [-0.15, -0.1) is 0 Å². The first-order valence-electron chi connectivity index (χ1n) is 9.68. The molecule has 1 aromatic carbocycles. The molecular formula is C21H20F2N4O4. The molecule has 0 bridgehead atoms. The van der Waals surface area contributed by atoms with Crippen molar-refractivity contribution in [2.45, 2.75) is 6.04 Å². The minimum absolute atomic E-state index is 0.0562. The van der Waals surface area contributed by atoms with Crippen molar-refractivity contribution in [3.05, 3.63) is 70.9 Å². The van der Waals surface area contributed by atoms with Gasteiger partial charge in [-0.3, -0.25) is 9.59 Å². The third-order valence-corrected chi connectivity index (χ3v) is 5.25. The average Bonchev–Trinajstić information content (AvgIpc) is 3.16. The molecule has 1 aliphatic heterocycles. The number of benzene rings is 1. The van der Waals surface area contributed by atoms with Crippen molar-refractivity contribution in [1.29, 1.82) is 0 Å². The number of hydrogen-bond acceptors (Lipinski definition) is 5. The van der Waals surface area contributed by atoms with Crippen LogP contribution in [0.2, 0.25) is 0 Å². The van der Waals surface area contributed by atoms with Gasteiger partial charge in [0.15, 0.2) is 23.4 Å². The molecule has 1 N–H and O–H groups in total. The Morgan fingerprint density at radius 1 is 1.26 bits per heavy atom. The van der Waals surface area contributed by atoms with Crippen molar-refractivity contribution in [2.24, 2.45) is 0 Å². The lowest BCUT2D eigenvalue weighted by molar-refractivity contribution is -0.607. The zero-order valence-corrected chi connectivity index (χ0v) is 16.7. The zero-order valence-electron chi connectivity index (χ0n) is 16.7. The van der Waals surface area contributed by atoms with Gasteiger partial charge in [0.05, 0.1) is 6.04 Å². The minimum Gasteiger partial charge on any atom is -0.618 e. The van der Waals surface area contributed by atoms with Crippen LogP contribution in [0, 0.1) is 16.8 Å². The summed E-state index contributed by atoms with van der Waals surface area (Å²) in [6.45, 7) is 1.53. The Morgan fingerprint density at radius 2 is 2.06 bits per heavy atom. The molecule has 1 atom stereocenters. The van der Waals surface area contributed by atoms with Gasteiger partial charge in [0.2, 0.25) is 0 Å². The molecule has 1 unspecified atom stereocenters. The fourth-order valence-electron chi connectivity index (χ4n) is 3.68. The molecule has 2 aromatic heterocycles. The number of nitrogens with one attached hydrogen (secondary N) is 1. The van der Waals surface area contributed by atoms with Crippen molar-refractivity contribution in [3.63, 3.8) is 0 Å². The number of aromatic nitrogens is 1. The topological polar surface area (TPSA) is 92.7 Å². The largest absolute Gasteiger partial charge is 0.618 e. The molecule has 0 spiro atoms. The summed E-state index contributed by atoms with van der Waals surface area (Å²) >= 11 is 0. The Bertz CT molecular complexity index is 1150. The van der Waals surface area contributed by atoms with Gasteiger partial charge in [-0.05, 0) is 25.2 Å². The molecule has 2 amide bonds. The van der Waals surface area contributed by atoms with E-state index < -0.39 is 29.5 Å². The van der Waals surface area contributed by atoms with Gasteiger partial charge in [0.25, 0.3) is 11.6 Å². The van der Waals surface area contributed by atoms with Crippen LogP contribution in [-0.2, 0) is 0 Å². The third-order valence-electron chi connectivity index (χ3n) is 5.25. The molecule has 3 aromatic rings. The Morgan fingerprint density at radius 3 is 2.84 bits per heavy atom. The van der Waals surface area contributed by atoms with Crippen molar-refractivity contribution in [3.8, 4) is 0 Å². The van der Waals surface area contributed by atoms with Gasteiger partial charge >= 0.3 is 5.91 Å². The van der Waals surface area contributed by atoms with Gasteiger partial charge < -0.3 is 24.7 Å². The molecule has 1 fully saturated rings. The first-order valence-corrected chi connectivity index (χ1v) is 9.68. The lowest BCUT2D eigenvalue weighted by Gasteiger charge is -2.39. The highest BCUT2D eigenvalue weighted by molar-refractivity contribution is 5.96. The summed E-state index contributed by atoms with van der Waals surface area (Å²) in [5, 5.41) is 14.6. The van der Waals surface area contributed by atoms with Crippen molar-refractivity contribution in [2.75, 3.05) is 33.2 Å². The fourth-order valence-corrected chi connectivity index (χ4v) is 3.68. The SMILES string of the molecule is CN1CCN(C(=O)c2cc3cc(F)cc(F)c3o2)C(CNC(=O)c2cccc[n+]2[O-])C1. The van der Waals surface area contributed by atoms with Gasteiger partial charge in [-0.1, -0.05) is 0 Å². The molecule has 0 radical (unpaired) electrons. The molecule has 3 heterocycles. The lowest BCUT2D eigenvalue weighted by atomic mass is 10.1. The van der Waals surface area contributed by atoms with Crippen LogP contribution in [0.4, 0.5) is 8.78 Å². The van der Waals surface area contributed by atoms with Gasteiger partial charge in [-0.2, -0.15) is 4.73 Å². The Labute approximate surface area is 176 Å². The van der Waals surface area contributed by atoms with E-state index in [1.807, 2.05) is 11.9 Å². The number of likely N-dealkylation sites (N-methyl/N-ethyl adjacent to an activating group) is 1. The average molecular weight is 430 g/mol. The molecule has 1 aliphatic rings. The highest BCUT2D eigenvalue weighted by atomic mass is 19.1.